The molecule has 0 aromatic carbocycles. The van der Waals surface area contributed by atoms with Gasteiger partial charge in [-0.15, -0.1) is 0 Å². The van der Waals surface area contributed by atoms with Crippen molar-refractivity contribution in [3.63, 3.8) is 0 Å². The van der Waals surface area contributed by atoms with Crippen molar-refractivity contribution in [1.82, 2.24) is 0 Å². The molecule has 0 amide bonds. The number of nitrogens with zero attached hydrogens (tertiary/aromatic N) is 1. The molecule has 0 heterocycles. The molecule has 306 valence electrons. The van der Waals surface area contributed by atoms with Gasteiger partial charge in [0.15, 0.2) is 6.10 Å². The van der Waals surface area contributed by atoms with Gasteiger partial charge in [0.05, 0.1) is 27.7 Å². The Bertz CT molecular complexity index is 1240. The summed E-state index contributed by atoms with van der Waals surface area (Å²) in [5, 5.41) is 0. The lowest BCUT2D eigenvalue weighted by Gasteiger charge is -2.24. The summed E-state index contributed by atoms with van der Waals surface area (Å²) in [6.07, 6.45) is 46.0. The second-order valence-corrected chi connectivity index (χ2v) is 15.4. The van der Waals surface area contributed by atoms with Crippen molar-refractivity contribution in [2.45, 2.75) is 123 Å². The lowest BCUT2D eigenvalue weighted by molar-refractivity contribution is -0.870. The van der Waals surface area contributed by atoms with Gasteiger partial charge in [-0.3, -0.25) is 18.6 Å². The van der Waals surface area contributed by atoms with Gasteiger partial charge in [-0.05, 0) is 70.6 Å². The Hall–Kier alpha value is -3.07. The Morgan fingerprint density at radius 3 is 1.74 bits per heavy atom. The molecule has 9 nitrogen and oxygen atoms in total. The van der Waals surface area contributed by atoms with Crippen LogP contribution in [0.25, 0.3) is 0 Å². The lowest BCUT2D eigenvalue weighted by Crippen LogP contribution is -2.37. The molecular weight excluding hydrogens is 701 g/mol. The number of hydrogen-bond acceptors (Lipinski definition) is 7. The summed E-state index contributed by atoms with van der Waals surface area (Å²) in [5.41, 5.74) is 0. The second-order valence-electron chi connectivity index (χ2n) is 14.0. The summed E-state index contributed by atoms with van der Waals surface area (Å²) in [6.45, 7) is 4.05. The van der Waals surface area contributed by atoms with Gasteiger partial charge in [-0.1, -0.05) is 130 Å². The molecular formula is C44H73NO8P+. The van der Waals surface area contributed by atoms with Crippen LogP contribution in [-0.4, -0.2) is 74.9 Å². The number of allylic oxidation sites excluding steroid dienone is 16. The predicted molar refractivity (Wildman–Crippen MR) is 224 cm³/mol. The molecule has 0 aromatic rings. The van der Waals surface area contributed by atoms with E-state index in [-0.39, 0.29) is 26.1 Å². The highest BCUT2D eigenvalue weighted by molar-refractivity contribution is 7.47. The van der Waals surface area contributed by atoms with E-state index in [0.29, 0.717) is 23.9 Å². The van der Waals surface area contributed by atoms with Crippen molar-refractivity contribution >= 4 is 19.8 Å². The third-order valence-electron chi connectivity index (χ3n) is 7.70. The predicted octanol–water partition coefficient (Wildman–Crippen LogP) is 11.0. The standard InChI is InChI=1S/C44H72NO8P/c1-6-8-10-12-14-16-18-20-22-24-26-28-30-32-34-36-43(46)50-40-42(41-52-54(48,49)51-39-38-45(3,4)5)53-44(47)37-35-33-31-29-27-25-23-21-19-17-15-13-11-9-7-2/h8-12,14-18,20-23,27,29,42H,6-7,13,19,24-26,28,30-41H2,1-5H3/p+1/b10-8+,11-9+,14-12+,17-15+,18-16+,22-20+,23-21+,29-27+/t42-/m1/s1. The third-order valence-corrected chi connectivity index (χ3v) is 8.69. The first-order valence-corrected chi connectivity index (χ1v) is 21.5. The molecule has 1 unspecified atom stereocenters. The van der Waals surface area contributed by atoms with Crippen LogP contribution in [0.15, 0.2) is 97.2 Å². The zero-order valence-electron chi connectivity index (χ0n) is 34.2. The molecule has 0 saturated heterocycles. The average Bonchev–Trinajstić information content (AvgIpc) is 3.12. The summed E-state index contributed by atoms with van der Waals surface area (Å²) in [4.78, 5) is 35.2. The minimum Gasteiger partial charge on any atom is -0.462 e. The number of unbranched alkanes of at least 4 members (excludes halogenated alkanes) is 7. The molecule has 0 spiro atoms. The largest absolute Gasteiger partial charge is 0.472 e. The van der Waals surface area contributed by atoms with Crippen LogP contribution in [-0.2, 0) is 32.7 Å². The monoisotopic (exact) mass is 775 g/mol. The highest BCUT2D eigenvalue weighted by atomic mass is 31.2. The maximum Gasteiger partial charge on any atom is 0.472 e. The number of esters is 2. The zero-order valence-corrected chi connectivity index (χ0v) is 35.1. The van der Waals surface area contributed by atoms with Gasteiger partial charge in [0.2, 0.25) is 0 Å². The van der Waals surface area contributed by atoms with Gasteiger partial charge in [0, 0.05) is 12.8 Å². The maximum atomic E-state index is 12.6. The molecule has 1 N–H and O–H groups in total. The number of hydrogen-bond donors (Lipinski definition) is 1. The number of phosphoric acid groups is 1. The summed E-state index contributed by atoms with van der Waals surface area (Å²) < 4.78 is 34.1. The van der Waals surface area contributed by atoms with Crippen molar-refractivity contribution in [1.29, 1.82) is 0 Å². The van der Waals surface area contributed by atoms with Gasteiger partial charge in [0.1, 0.15) is 19.8 Å². The SMILES string of the molecule is CC/C=C/C=C/C=C/C=C/CCCCCCCC(=O)OC[C@H](COP(=O)(O)OCC[N+](C)(C)C)OC(=O)CCCC/C=C/C/C=C/C/C=C/C/C=C/CC. The van der Waals surface area contributed by atoms with Gasteiger partial charge in [0.25, 0.3) is 0 Å². The Morgan fingerprint density at radius 1 is 0.593 bits per heavy atom. The van der Waals surface area contributed by atoms with Crippen LogP contribution >= 0.6 is 7.82 Å². The van der Waals surface area contributed by atoms with Gasteiger partial charge in [-0.25, -0.2) is 4.57 Å². The minimum atomic E-state index is -4.40. The fourth-order valence-corrected chi connectivity index (χ4v) is 5.34. The number of likely N-dealkylation sites (N-methyl/N-ethyl adjacent to an activating group) is 1. The van der Waals surface area contributed by atoms with Gasteiger partial charge < -0.3 is 18.9 Å². The van der Waals surface area contributed by atoms with E-state index in [1.54, 1.807) is 0 Å². The molecule has 0 radical (unpaired) electrons. The average molecular weight is 775 g/mol. The minimum absolute atomic E-state index is 0.0132. The van der Waals surface area contributed by atoms with E-state index in [0.717, 1.165) is 77.0 Å². The van der Waals surface area contributed by atoms with Crippen molar-refractivity contribution < 1.29 is 42.1 Å². The van der Waals surface area contributed by atoms with E-state index >= 15 is 0 Å². The van der Waals surface area contributed by atoms with E-state index in [4.69, 9.17) is 18.5 Å². The van der Waals surface area contributed by atoms with E-state index in [1.165, 1.54) is 0 Å². The van der Waals surface area contributed by atoms with Crippen molar-refractivity contribution in [3.05, 3.63) is 97.2 Å². The molecule has 0 fully saturated rings. The smallest absolute Gasteiger partial charge is 0.462 e. The molecule has 0 aliphatic heterocycles. The Balaban J connectivity index is 4.56. The molecule has 0 aliphatic carbocycles. The molecule has 54 heavy (non-hydrogen) atoms. The van der Waals surface area contributed by atoms with Crippen molar-refractivity contribution in [2.24, 2.45) is 0 Å². The second kappa shape index (κ2) is 35.6. The quantitative estimate of drug-likeness (QED) is 0.0172. The molecule has 2 atom stereocenters. The molecule has 0 aromatic heterocycles. The van der Waals surface area contributed by atoms with Crippen molar-refractivity contribution in [2.75, 3.05) is 47.5 Å². The van der Waals surface area contributed by atoms with Crippen molar-refractivity contribution in [3.8, 4) is 0 Å². The fraction of sp³-hybridized carbons (Fsp3) is 0.591. The highest BCUT2D eigenvalue weighted by Gasteiger charge is 2.27. The first kappa shape index (κ1) is 50.9. The fourth-order valence-electron chi connectivity index (χ4n) is 4.60. The Kier molecular flexibility index (Phi) is 33.6. The van der Waals surface area contributed by atoms with Gasteiger partial charge in [-0.2, -0.15) is 0 Å². The highest BCUT2D eigenvalue weighted by Crippen LogP contribution is 2.43. The Labute approximate surface area is 328 Å². The van der Waals surface area contributed by atoms with E-state index in [2.05, 4.69) is 80.7 Å². The van der Waals surface area contributed by atoms with Crippen LogP contribution in [0.1, 0.15) is 117 Å². The van der Waals surface area contributed by atoms with Crippen LogP contribution in [0.3, 0.4) is 0 Å². The topological polar surface area (TPSA) is 108 Å². The van der Waals surface area contributed by atoms with Crippen LogP contribution in [0, 0.1) is 0 Å². The molecule has 0 aliphatic rings. The molecule has 0 bridgehead atoms. The summed E-state index contributed by atoms with van der Waals surface area (Å²) in [7, 11) is 1.41. The first-order valence-electron chi connectivity index (χ1n) is 20.0. The van der Waals surface area contributed by atoms with Crippen LogP contribution in [0.5, 0.6) is 0 Å². The van der Waals surface area contributed by atoms with E-state index in [1.807, 2.05) is 51.5 Å². The Morgan fingerprint density at radius 2 is 1.09 bits per heavy atom. The maximum absolute atomic E-state index is 12.6. The number of carbonyl (C=O) groups is 2. The number of carbonyl (C=O) groups excluding carboxylic acids is 2. The van der Waals surface area contributed by atoms with E-state index in [9.17, 15) is 19.0 Å². The normalized spacial score (nSPS) is 14.7. The zero-order chi connectivity index (χ0) is 40.0. The van der Waals surface area contributed by atoms with Crippen LogP contribution in [0.2, 0.25) is 0 Å². The number of rotatable bonds is 34. The summed E-state index contributed by atoms with van der Waals surface area (Å²) in [6, 6.07) is 0. The summed E-state index contributed by atoms with van der Waals surface area (Å²) >= 11 is 0. The number of ether oxygens (including phenoxy) is 2. The molecule has 0 rings (SSSR count). The number of phosphoric ester groups is 1. The lowest BCUT2D eigenvalue weighted by atomic mass is 10.1. The van der Waals surface area contributed by atoms with Crippen LogP contribution in [0.4, 0.5) is 0 Å². The van der Waals surface area contributed by atoms with E-state index < -0.39 is 32.5 Å². The summed E-state index contributed by atoms with van der Waals surface area (Å²) in [5.74, 6) is -0.889. The number of quaternary nitrogens is 1. The molecule has 0 saturated carbocycles. The third kappa shape index (κ3) is 38.6. The van der Waals surface area contributed by atoms with Crippen LogP contribution < -0.4 is 0 Å². The molecule has 10 heteroatoms. The van der Waals surface area contributed by atoms with Gasteiger partial charge >= 0.3 is 19.8 Å². The first-order chi connectivity index (χ1) is 26.0.